The summed E-state index contributed by atoms with van der Waals surface area (Å²) in [6.07, 6.45) is 3.82. The molecule has 0 aliphatic carbocycles. The molecule has 0 amide bonds. The molecule has 0 radical (unpaired) electrons. The molecule has 9 heteroatoms. The van der Waals surface area contributed by atoms with Crippen LogP contribution in [0.25, 0.3) is 22.5 Å². The molecule has 250 valence electrons. The lowest BCUT2D eigenvalue weighted by atomic mass is 9.93. The van der Waals surface area contributed by atoms with Gasteiger partial charge in [0.05, 0.1) is 35.6 Å². The van der Waals surface area contributed by atoms with Crippen LogP contribution in [0.5, 0.6) is 11.5 Å². The number of nitrogens with zero attached hydrogens (tertiary/aromatic N) is 2. The van der Waals surface area contributed by atoms with Crippen molar-refractivity contribution in [2.45, 2.75) is 24.5 Å². The molecule has 0 saturated carbocycles. The van der Waals surface area contributed by atoms with E-state index in [0.717, 1.165) is 32.4 Å². The summed E-state index contributed by atoms with van der Waals surface area (Å²) in [7, 11) is 1.60. The van der Waals surface area contributed by atoms with Crippen LogP contribution in [-0.4, -0.2) is 30.5 Å². The highest BCUT2D eigenvalue weighted by molar-refractivity contribution is 7.98. The second kappa shape index (κ2) is 14.6. The first-order valence-electron chi connectivity index (χ1n) is 16.2. The van der Waals surface area contributed by atoms with Crippen LogP contribution in [0.3, 0.4) is 0 Å². The number of aromatic nitrogens is 1. The highest BCUT2D eigenvalue weighted by Crippen LogP contribution is 2.36. The first kappa shape index (κ1) is 33.1. The zero-order chi connectivity index (χ0) is 34.6. The minimum absolute atomic E-state index is 0.185. The Morgan fingerprint density at radius 3 is 2.42 bits per heavy atom. The van der Waals surface area contributed by atoms with Gasteiger partial charge in [-0.2, -0.15) is 0 Å². The highest BCUT2D eigenvalue weighted by Gasteiger charge is 2.35. The van der Waals surface area contributed by atoms with Crippen molar-refractivity contribution >= 4 is 51.6 Å². The van der Waals surface area contributed by atoms with E-state index in [9.17, 15) is 9.59 Å². The van der Waals surface area contributed by atoms with Crippen molar-refractivity contribution in [3.63, 3.8) is 0 Å². The predicted octanol–water partition coefficient (Wildman–Crippen LogP) is 7.40. The van der Waals surface area contributed by atoms with Gasteiger partial charge in [0.2, 0.25) is 0 Å². The summed E-state index contributed by atoms with van der Waals surface area (Å²) in [5.41, 5.74) is 3.78. The molecule has 0 bridgehead atoms. The van der Waals surface area contributed by atoms with E-state index >= 15 is 0 Å². The Morgan fingerprint density at radius 2 is 1.66 bits per heavy atom. The molecule has 7 nitrogen and oxygen atoms in total. The molecule has 1 aliphatic heterocycles. The van der Waals surface area contributed by atoms with Crippen molar-refractivity contribution in [2.24, 2.45) is 4.99 Å². The molecule has 0 spiro atoms. The SMILES string of the molecule is CCOC(=O)C1=C(c2ccccc2)N=c2s/c(=C\c3cccc(OC)c3OCc3cccc4ccccc34)c(=O)n2[C@@H]1c1ccc(SC)cc1. The maximum Gasteiger partial charge on any atom is 0.338 e. The zero-order valence-electron chi connectivity index (χ0n) is 27.8. The van der Waals surface area contributed by atoms with Crippen molar-refractivity contribution in [1.29, 1.82) is 0 Å². The van der Waals surface area contributed by atoms with Crippen LogP contribution >= 0.6 is 23.1 Å². The number of methoxy groups -OCH3 is 1. The summed E-state index contributed by atoms with van der Waals surface area (Å²) in [5, 5.41) is 2.24. The molecule has 0 saturated heterocycles. The van der Waals surface area contributed by atoms with Crippen molar-refractivity contribution < 1.29 is 19.0 Å². The number of para-hydroxylation sites is 1. The largest absolute Gasteiger partial charge is 0.493 e. The number of carbonyl (C=O) groups excluding carboxylic acids is 1. The summed E-state index contributed by atoms with van der Waals surface area (Å²) >= 11 is 2.89. The number of hydrogen-bond acceptors (Lipinski definition) is 8. The van der Waals surface area contributed by atoms with E-state index in [-0.39, 0.29) is 12.2 Å². The van der Waals surface area contributed by atoms with Gasteiger partial charge in [-0.25, -0.2) is 9.79 Å². The van der Waals surface area contributed by atoms with Gasteiger partial charge < -0.3 is 14.2 Å². The molecular formula is C41H34N2O5S2. The second-order valence-corrected chi connectivity index (χ2v) is 13.4. The van der Waals surface area contributed by atoms with Crippen molar-refractivity contribution in [1.82, 2.24) is 4.57 Å². The van der Waals surface area contributed by atoms with E-state index < -0.39 is 12.0 Å². The van der Waals surface area contributed by atoms with E-state index in [1.165, 1.54) is 11.3 Å². The third kappa shape index (κ3) is 6.37. The van der Waals surface area contributed by atoms with E-state index in [4.69, 9.17) is 19.2 Å². The van der Waals surface area contributed by atoms with Gasteiger partial charge in [-0.05, 0) is 59.4 Å². The Bertz CT molecular complexity index is 2410. The zero-order valence-corrected chi connectivity index (χ0v) is 29.4. The van der Waals surface area contributed by atoms with E-state index in [2.05, 4.69) is 18.2 Å². The normalized spacial score (nSPS) is 14.3. The first-order valence-corrected chi connectivity index (χ1v) is 18.2. The van der Waals surface area contributed by atoms with Gasteiger partial charge in [0.15, 0.2) is 16.3 Å². The molecule has 2 heterocycles. The number of fused-ring (bicyclic) bond motifs is 2. The number of rotatable bonds is 10. The van der Waals surface area contributed by atoms with Crippen LogP contribution in [0.4, 0.5) is 0 Å². The lowest BCUT2D eigenvalue weighted by Gasteiger charge is -2.26. The smallest absolute Gasteiger partial charge is 0.338 e. The Balaban J connectivity index is 1.39. The molecule has 7 rings (SSSR count). The highest BCUT2D eigenvalue weighted by atomic mass is 32.2. The van der Waals surface area contributed by atoms with E-state index in [1.807, 2.05) is 109 Å². The van der Waals surface area contributed by atoms with Gasteiger partial charge in [-0.15, -0.1) is 11.8 Å². The Kier molecular flexibility index (Phi) is 9.69. The number of esters is 1. The van der Waals surface area contributed by atoms with Gasteiger partial charge >= 0.3 is 5.97 Å². The Morgan fingerprint density at radius 1 is 0.920 bits per heavy atom. The third-order valence-corrected chi connectivity index (χ3v) is 10.3. The van der Waals surface area contributed by atoms with E-state index in [0.29, 0.717) is 44.3 Å². The summed E-state index contributed by atoms with van der Waals surface area (Å²) in [5.74, 6) is 0.560. The monoisotopic (exact) mass is 698 g/mol. The fourth-order valence-corrected chi connectivity index (χ4v) is 7.61. The van der Waals surface area contributed by atoms with Gasteiger partial charge in [0.25, 0.3) is 5.56 Å². The fourth-order valence-electron chi connectivity index (χ4n) is 6.21. The maximum atomic E-state index is 14.5. The molecule has 0 N–H and O–H groups in total. The molecule has 1 aliphatic rings. The summed E-state index contributed by atoms with van der Waals surface area (Å²) in [6.45, 7) is 2.26. The number of carbonyl (C=O) groups is 1. The van der Waals surface area contributed by atoms with Crippen LogP contribution in [0, 0.1) is 0 Å². The van der Waals surface area contributed by atoms with Gasteiger partial charge in [-0.1, -0.05) is 108 Å². The number of hydrogen-bond donors (Lipinski definition) is 0. The van der Waals surface area contributed by atoms with E-state index in [1.54, 1.807) is 30.4 Å². The van der Waals surface area contributed by atoms with Crippen LogP contribution in [0.15, 0.2) is 136 Å². The average Bonchev–Trinajstić information content (AvgIpc) is 3.47. The van der Waals surface area contributed by atoms with Gasteiger partial charge in [0, 0.05) is 16.0 Å². The van der Waals surface area contributed by atoms with Crippen molar-refractivity contribution in [3.05, 3.63) is 163 Å². The summed E-state index contributed by atoms with van der Waals surface area (Å²) in [4.78, 5) is 34.8. The quantitative estimate of drug-likeness (QED) is 0.110. The van der Waals surface area contributed by atoms with Crippen LogP contribution in [-0.2, 0) is 16.1 Å². The minimum atomic E-state index is -0.758. The van der Waals surface area contributed by atoms with Crippen LogP contribution in [0.2, 0.25) is 0 Å². The predicted molar refractivity (Wildman–Crippen MR) is 201 cm³/mol. The number of benzene rings is 5. The summed E-state index contributed by atoms with van der Waals surface area (Å²) < 4.78 is 19.9. The molecule has 5 aromatic carbocycles. The average molecular weight is 699 g/mol. The molecule has 1 aromatic heterocycles. The molecular weight excluding hydrogens is 665 g/mol. The molecule has 0 fully saturated rings. The minimum Gasteiger partial charge on any atom is -0.493 e. The standard InChI is InChI=1S/C41H34N2O5S2/c1-4-47-40(45)35-36(27-13-6-5-7-14-27)42-41-43(37(35)28-20-22-31(49-3)23-21-28)39(44)34(50-41)24-29-16-11-19-33(46-2)38(29)48-25-30-17-10-15-26-12-8-9-18-32(26)30/h5-24,37H,4,25H2,1-3H3/b34-24-/t37-/m1/s1. The van der Waals surface area contributed by atoms with Gasteiger partial charge in [0.1, 0.15) is 6.61 Å². The third-order valence-electron chi connectivity index (χ3n) is 8.57. The van der Waals surface area contributed by atoms with Crippen LogP contribution in [0.1, 0.15) is 35.2 Å². The molecule has 50 heavy (non-hydrogen) atoms. The number of thiazole rings is 1. The van der Waals surface area contributed by atoms with Gasteiger partial charge in [-0.3, -0.25) is 9.36 Å². The molecule has 6 aromatic rings. The van der Waals surface area contributed by atoms with Crippen molar-refractivity contribution in [3.8, 4) is 11.5 Å². The number of thioether (sulfide) groups is 1. The lowest BCUT2D eigenvalue weighted by Crippen LogP contribution is -2.40. The van der Waals surface area contributed by atoms with Crippen LogP contribution < -0.4 is 24.4 Å². The lowest BCUT2D eigenvalue weighted by molar-refractivity contribution is -0.138. The fraction of sp³-hybridized carbons (Fsp3) is 0.146. The topological polar surface area (TPSA) is 79.1 Å². The Hall–Kier alpha value is -5.38. The van der Waals surface area contributed by atoms with Crippen molar-refractivity contribution in [2.75, 3.05) is 20.0 Å². The Labute approximate surface area is 297 Å². The number of ether oxygens (including phenoxy) is 3. The molecule has 0 unspecified atom stereocenters. The second-order valence-electron chi connectivity index (χ2n) is 11.5. The molecule has 1 atom stereocenters. The maximum absolute atomic E-state index is 14.5. The summed E-state index contributed by atoms with van der Waals surface area (Å²) in [6, 6.07) is 36.6. The first-order chi connectivity index (χ1) is 24.5.